The standard InChI is InChI=1S/C11H13F2NO/c1-7(6-15)2-8-3-10(12)11(13)4-9(8)5-14/h3-4,6-7H,2,5,14H2,1H3. The van der Waals surface area contributed by atoms with Gasteiger partial charge < -0.3 is 10.5 Å². The molecule has 1 aromatic carbocycles. The maximum Gasteiger partial charge on any atom is 0.159 e. The van der Waals surface area contributed by atoms with Gasteiger partial charge in [-0.15, -0.1) is 0 Å². The van der Waals surface area contributed by atoms with Gasteiger partial charge in [0.1, 0.15) is 6.29 Å². The van der Waals surface area contributed by atoms with E-state index in [1.807, 2.05) is 0 Å². The quantitative estimate of drug-likeness (QED) is 0.775. The highest BCUT2D eigenvalue weighted by Gasteiger charge is 2.11. The number of halogens is 2. The second-order valence-corrected chi connectivity index (χ2v) is 3.56. The number of hydrogen-bond donors (Lipinski definition) is 1. The Balaban J connectivity index is 3.04. The highest BCUT2D eigenvalue weighted by atomic mass is 19.2. The molecular weight excluding hydrogens is 200 g/mol. The molecule has 1 unspecified atom stereocenters. The van der Waals surface area contributed by atoms with Gasteiger partial charge in [-0.2, -0.15) is 0 Å². The predicted molar refractivity (Wildman–Crippen MR) is 53.2 cm³/mol. The molecule has 4 heteroatoms. The normalized spacial score (nSPS) is 12.5. The maximum atomic E-state index is 12.9. The Morgan fingerprint density at radius 2 is 1.87 bits per heavy atom. The summed E-state index contributed by atoms with van der Waals surface area (Å²) in [5.74, 6) is -2.03. The lowest BCUT2D eigenvalue weighted by molar-refractivity contribution is -0.110. The summed E-state index contributed by atoms with van der Waals surface area (Å²) < 4.78 is 25.8. The minimum Gasteiger partial charge on any atom is -0.326 e. The molecule has 2 N–H and O–H groups in total. The summed E-state index contributed by atoms with van der Waals surface area (Å²) in [7, 11) is 0. The highest BCUT2D eigenvalue weighted by Crippen LogP contribution is 2.17. The minimum atomic E-state index is -0.905. The molecule has 0 aromatic heterocycles. The number of carbonyl (C=O) groups excluding carboxylic acids is 1. The predicted octanol–water partition coefficient (Wildman–Crippen LogP) is 1.80. The summed E-state index contributed by atoms with van der Waals surface area (Å²) in [6.07, 6.45) is 1.16. The molecule has 0 radical (unpaired) electrons. The van der Waals surface area contributed by atoms with Crippen LogP contribution in [0.5, 0.6) is 0 Å². The molecule has 0 heterocycles. The molecule has 0 saturated heterocycles. The number of nitrogens with two attached hydrogens (primary N) is 1. The zero-order valence-corrected chi connectivity index (χ0v) is 8.47. The highest BCUT2D eigenvalue weighted by molar-refractivity contribution is 5.54. The van der Waals surface area contributed by atoms with Crippen LogP contribution in [0, 0.1) is 17.6 Å². The van der Waals surface area contributed by atoms with Crippen molar-refractivity contribution in [3.05, 3.63) is 34.9 Å². The van der Waals surface area contributed by atoms with Gasteiger partial charge in [-0.1, -0.05) is 6.92 Å². The van der Waals surface area contributed by atoms with Crippen LogP contribution in [0.25, 0.3) is 0 Å². The Kier molecular flexibility index (Phi) is 3.91. The molecule has 0 aliphatic rings. The first-order chi connectivity index (χ1) is 7.08. The van der Waals surface area contributed by atoms with Crippen LogP contribution in [0.15, 0.2) is 12.1 Å². The number of hydrogen-bond acceptors (Lipinski definition) is 2. The molecule has 0 bridgehead atoms. The lowest BCUT2D eigenvalue weighted by Crippen LogP contribution is -2.08. The van der Waals surface area contributed by atoms with Crippen molar-refractivity contribution in [2.24, 2.45) is 11.7 Å². The number of rotatable bonds is 4. The molecule has 1 aromatic rings. The maximum absolute atomic E-state index is 12.9. The van der Waals surface area contributed by atoms with Gasteiger partial charge in [0.2, 0.25) is 0 Å². The van der Waals surface area contributed by atoms with Crippen molar-refractivity contribution in [1.29, 1.82) is 0 Å². The van der Waals surface area contributed by atoms with Crippen molar-refractivity contribution in [2.75, 3.05) is 0 Å². The summed E-state index contributed by atoms with van der Waals surface area (Å²) in [4.78, 5) is 10.5. The molecule has 1 rings (SSSR count). The molecule has 2 nitrogen and oxygen atoms in total. The Morgan fingerprint density at radius 1 is 1.33 bits per heavy atom. The van der Waals surface area contributed by atoms with E-state index in [9.17, 15) is 13.6 Å². The van der Waals surface area contributed by atoms with Crippen molar-refractivity contribution in [2.45, 2.75) is 19.9 Å². The van der Waals surface area contributed by atoms with Gasteiger partial charge in [-0.05, 0) is 29.7 Å². The van der Waals surface area contributed by atoms with Crippen LogP contribution in [0.1, 0.15) is 18.1 Å². The lowest BCUT2D eigenvalue weighted by Gasteiger charge is -2.10. The first-order valence-corrected chi connectivity index (χ1v) is 4.70. The van der Waals surface area contributed by atoms with Gasteiger partial charge in [-0.25, -0.2) is 8.78 Å². The smallest absolute Gasteiger partial charge is 0.159 e. The summed E-state index contributed by atoms with van der Waals surface area (Å²) in [5, 5.41) is 0. The second kappa shape index (κ2) is 4.98. The summed E-state index contributed by atoms with van der Waals surface area (Å²) >= 11 is 0. The third kappa shape index (κ3) is 2.83. The van der Waals surface area contributed by atoms with E-state index >= 15 is 0 Å². The van der Waals surface area contributed by atoms with E-state index in [4.69, 9.17) is 5.73 Å². The average molecular weight is 213 g/mol. The Hall–Kier alpha value is -1.29. The van der Waals surface area contributed by atoms with Crippen LogP contribution in [-0.2, 0) is 17.8 Å². The third-order valence-corrected chi connectivity index (χ3v) is 2.24. The Morgan fingerprint density at radius 3 is 2.33 bits per heavy atom. The fraction of sp³-hybridized carbons (Fsp3) is 0.364. The topological polar surface area (TPSA) is 43.1 Å². The Labute approximate surface area is 87.1 Å². The molecule has 0 amide bonds. The van der Waals surface area contributed by atoms with E-state index < -0.39 is 11.6 Å². The molecular formula is C11H13F2NO. The lowest BCUT2D eigenvalue weighted by atomic mass is 9.97. The van der Waals surface area contributed by atoms with Crippen molar-refractivity contribution in [1.82, 2.24) is 0 Å². The molecule has 0 fully saturated rings. The van der Waals surface area contributed by atoms with Gasteiger partial charge in [-0.3, -0.25) is 0 Å². The van der Waals surface area contributed by atoms with Crippen molar-refractivity contribution >= 4 is 6.29 Å². The molecule has 1 atom stereocenters. The van der Waals surface area contributed by atoms with Gasteiger partial charge >= 0.3 is 0 Å². The van der Waals surface area contributed by atoms with Gasteiger partial charge in [0.05, 0.1) is 0 Å². The van der Waals surface area contributed by atoms with E-state index in [1.54, 1.807) is 6.92 Å². The fourth-order valence-corrected chi connectivity index (χ4v) is 1.40. The van der Waals surface area contributed by atoms with Gasteiger partial charge in [0, 0.05) is 12.5 Å². The van der Waals surface area contributed by atoms with E-state index in [0.717, 1.165) is 18.4 Å². The summed E-state index contributed by atoms with van der Waals surface area (Å²) in [6.45, 7) is 1.85. The van der Waals surface area contributed by atoms with Crippen LogP contribution in [0.3, 0.4) is 0 Å². The van der Waals surface area contributed by atoms with Crippen molar-refractivity contribution in [3.8, 4) is 0 Å². The molecule has 82 valence electrons. The van der Waals surface area contributed by atoms with Crippen molar-refractivity contribution < 1.29 is 13.6 Å². The molecule has 0 saturated carbocycles. The zero-order valence-electron chi connectivity index (χ0n) is 8.47. The minimum absolute atomic E-state index is 0.137. The second-order valence-electron chi connectivity index (χ2n) is 3.56. The summed E-state index contributed by atoms with van der Waals surface area (Å²) in [6, 6.07) is 2.19. The first kappa shape index (κ1) is 11.8. The SMILES string of the molecule is CC(C=O)Cc1cc(F)c(F)cc1CN. The fourth-order valence-electron chi connectivity index (χ4n) is 1.40. The van der Waals surface area contributed by atoms with Crippen LogP contribution in [-0.4, -0.2) is 6.29 Å². The zero-order chi connectivity index (χ0) is 11.4. The van der Waals surface area contributed by atoms with E-state index in [0.29, 0.717) is 17.5 Å². The van der Waals surface area contributed by atoms with Crippen LogP contribution in [0.4, 0.5) is 8.78 Å². The van der Waals surface area contributed by atoms with Crippen LogP contribution >= 0.6 is 0 Å². The third-order valence-electron chi connectivity index (χ3n) is 2.24. The van der Waals surface area contributed by atoms with Crippen molar-refractivity contribution in [3.63, 3.8) is 0 Å². The number of aldehydes is 1. The largest absolute Gasteiger partial charge is 0.326 e. The number of benzene rings is 1. The molecule has 0 aliphatic heterocycles. The van der Waals surface area contributed by atoms with E-state index in [-0.39, 0.29) is 12.5 Å². The number of carbonyl (C=O) groups is 1. The Bertz CT molecular complexity index is 366. The first-order valence-electron chi connectivity index (χ1n) is 4.70. The molecule has 0 spiro atoms. The van der Waals surface area contributed by atoms with Crippen LogP contribution in [0.2, 0.25) is 0 Å². The summed E-state index contributed by atoms with van der Waals surface area (Å²) in [5.41, 5.74) is 6.55. The monoisotopic (exact) mass is 213 g/mol. The van der Waals surface area contributed by atoms with Crippen LogP contribution < -0.4 is 5.73 Å². The molecule has 15 heavy (non-hydrogen) atoms. The average Bonchev–Trinajstić information content (AvgIpc) is 2.22. The van der Waals surface area contributed by atoms with E-state index in [1.165, 1.54) is 0 Å². The van der Waals surface area contributed by atoms with Gasteiger partial charge in [0.25, 0.3) is 0 Å². The van der Waals surface area contributed by atoms with E-state index in [2.05, 4.69) is 0 Å². The van der Waals surface area contributed by atoms with Gasteiger partial charge in [0.15, 0.2) is 11.6 Å². The molecule has 0 aliphatic carbocycles.